The van der Waals surface area contributed by atoms with Gasteiger partial charge in [-0.05, 0) is 43.3 Å². The highest BCUT2D eigenvalue weighted by atomic mass is 19.4. The van der Waals surface area contributed by atoms with Gasteiger partial charge >= 0.3 is 6.18 Å². The first kappa shape index (κ1) is 20.1. The van der Waals surface area contributed by atoms with E-state index in [1.54, 1.807) is 19.1 Å². The normalized spacial score (nSPS) is 16.7. The molecule has 1 saturated heterocycles. The molecule has 1 aliphatic heterocycles. The molecule has 0 radical (unpaired) electrons. The lowest BCUT2D eigenvalue weighted by molar-refractivity contribution is -0.137. The van der Waals surface area contributed by atoms with Gasteiger partial charge in [0.25, 0.3) is 0 Å². The van der Waals surface area contributed by atoms with Crippen molar-refractivity contribution >= 4 is 17.3 Å². The highest BCUT2D eigenvalue weighted by molar-refractivity contribution is 5.94. The Morgan fingerprint density at radius 2 is 1.71 bits per heavy atom. The Bertz CT molecular complexity index is 832. The number of hydrogen-bond acceptors (Lipinski definition) is 3. The van der Waals surface area contributed by atoms with Gasteiger partial charge in [0.15, 0.2) is 0 Å². The van der Waals surface area contributed by atoms with Crippen LogP contribution in [-0.4, -0.2) is 43.0 Å². The predicted molar refractivity (Wildman–Crippen MR) is 99.7 cm³/mol. The van der Waals surface area contributed by atoms with Crippen molar-refractivity contribution in [3.63, 3.8) is 0 Å². The second-order valence-electron chi connectivity index (χ2n) is 6.75. The standard InChI is InChI=1S/C20H21F4N3O/c1-14(19(28)25-17-6-3-5-16(21)13-17)26-8-10-27(11-9-26)18-7-2-4-15(12-18)20(22,23)24/h2-7,12-14H,8-11H2,1H3,(H,25,28)/t14-/m1/s1. The van der Waals surface area contributed by atoms with Gasteiger partial charge in [-0.3, -0.25) is 9.69 Å². The highest BCUT2D eigenvalue weighted by Gasteiger charge is 2.31. The van der Waals surface area contributed by atoms with Crippen molar-refractivity contribution in [2.75, 3.05) is 36.4 Å². The van der Waals surface area contributed by atoms with Crippen molar-refractivity contribution in [3.05, 3.63) is 59.9 Å². The number of benzene rings is 2. The van der Waals surface area contributed by atoms with Crippen LogP contribution in [0.4, 0.5) is 28.9 Å². The van der Waals surface area contributed by atoms with Crippen molar-refractivity contribution in [2.24, 2.45) is 0 Å². The molecule has 0 bridgehead atoms. The summed E-state index contributed by atoms with van der Waals surface area (Å²) >= 11 is 0. The first-order valence-corrected chi connectivity index (χ1v) is 8.97. The van der Waals surface area contributed by atoms with E-state index >= 15 is 0 Å². The van der Waals surface area contributed by atoms with Crippen LogP contribution in [0.1, 0.15) is 12.5 Å². The van der Waals surface area contributed by atoms with E-state index in [2.05, 4.69) is 5.32 Å². The van der Waals surface area contributed by atoms with Gasteiger partial charge in [-0.15, -0.1) is 0 Å². The second-order valence-corrected chi connectivity index (χ2v) is 6.75. The Balaban J connectivity index is 1.58. The third-order valence-corrected chi connectivity index (χ3v) is 4.87. The van der Waals surface area contributed by atoms with E-state index in [9.17, 15) is 22.4 Å². The molecule has 1 atom stereocenters. The maximum atomic E-state index is 13.2. The molecule has 0 aliphatic carbocycles. The summed E-state index contributed by atoms with van der Waals surface area (Å²) in [6.07, 6.45) is -4.37. The van der Waals surface area contributed by atoms with Crippen molar-refractivity contribution < 1.29 is 22.4 Å². The Hall–Kier alpha value is -2.61. The largest absolute Gasteiger partial charge is 0.416 e. The summed E-state index contributed by atoms with van der Waals surface area (Å²) in [6.45, 7) is 3.86. The number of nitrogens with one attached hydrogen (secondary N) is 1. The fourth-order valence-electron chi connectivity index (χ4n) is 3.23. The minimum absolute atomic E-state index is 0.252. The van der Waals surface area contributed by atoms with Gasteiger partial charge in [0, 0.05) is 37.6 Å². The molecule has 2 aromatic carbocycles. The zero-order chi connectivity index (χ0) is 20.3. The highest BCUT2D eigenvalue weighted by Crippen LogP contribution is 2.32. The molecule has 28 heavy (non-hydrogen) atoms. The minimum Gasteiger partial charge on any atom is -0.369 e. The van der Waals surface area contributed by atoms with E-state index in [4.69, 9.17) is 0 Å². The summed E-state index contributed by atoms with van der Waals surface area (Å²) in [5, 5.41) is 2.69. The molecule has 2 aromatic rings. The summed E-state index contributed by atoms with van der Waals surface area (Å²) in [6, 6.07) is 10.5. The molecule has 1 amide bonds. The quantitative estimate of drug-likeness (QED) is 0.795. The molecular weight excluding hydrogens is 374 g/mol. The van der Waals surface area contributed by atoms with Crippen LogP contribution < -0.4 is 10.2 Å². The maximum absolute atomic E-state index is 13.2. The summed E-state index contributed by atoms with van der Waals surface area (Å²) in [4.78, 5) is 16.3. The number of carbonyl (C=O) groups is 1. The first-order valence-electron chi connectivity index (χ1n) is 8.97. The number of amides is 1. The van der Waals surface area contributed by atoms with Gasteiger partial charge < -0.3 is 10.2 Å². The number of alkyl halides is 3. The molecule has 1 fully saturated rings. The molecule has 1 N–H and O–H groups in total. The van der Waals surface area contributed by atoms with Crippen LogP contribution >= 0.6 is 0 Å². The molecule has 4 nitrogen and oxygen atoms in total. The van der Waals surface area contributed by atoms with E-state index in [1.807, 2.05) is 9.80 Å². The average molecular weight is 395 g/mol. The van der Waals surface area contributed by atoms with Gasteiger partial charge in [0.05, 0.1) is 11.6 Å². The zero-order valence-electron chi connectivity index (χ0n) is 15.3. The third kappa shape index (κ3) is 4.81. The molecule has 3 rings (SSSR count). The van der Waals surface area contributed by atoms with Gasteiger partial charge in [-0.2, -0.15) is 13.2 Å². The van der Waals surface area contributed by atoms with Crippen LogP contribution in [0.5, 0.6) is 0 Å². The molecule has 8 heteroatoms. The Kier molecular flexibility index (Phi) is 5.88. The minimum atomic E-state index is -4.37. The van der Waals surface area contributed by atoms with E-state index < -0.39 is 23.6 Å². The van der Waals surface area contributed by atoms with Crippen LogP contribution in [0, 0.1) is 5.82 Å². The third-order valence-electron chi connectivity index (χ3n) is 4.87. The van der Waals surface area contributed by atoms with E-state index in [1.165, 1.54) is 24.3 Å². The summed E-state index contributed by atoms with van der Waals surface area (Å²) < 4.78 is 51.9. The Morgan fingerprint density at radius 3 is 2.36 bits per heavy atom. The first-order chi connectivity index (χ1) is 13.2. The molecule has 150 valence electrons. The number of carbonyl (C=O) groups excluding carboxylic acids is 1. The zero-order valence-corrected chi connectivity index (χ0v) is 15.3. The lowest BCUT2D eigenvalue weighted by Crippen LogP contribution is -2.52. The van der Waals surface area contributed by atoms with Crippen LogP contribution in [0.25, 0.3) is 0 Å². The number of hydrogen-bond donors (Lipinski definition) is 1. The van der Waals surface area contributed by atoms with E-state index in [0.717, 1.165) is 12.1 Å². The summed E-state index contributed by atoms with van der Waals surface area (Å²) in [5.74, 6) is -0.682. The molecule has 1 heterocycles. The van der Waals surface area contributed by atoms with Gasteiger partial charge in [-0.1, -0.05) is 12.1 Å². The summed E-state index contributed by atoms with van der Waals surface area (Å²) in [7, 11) is 0. The number of rotatable bonds is 4. The molecule has 0 saturated carbocycles. The number of halogens is 4. The topological polar surface area (TPSA) is 35.6 Å². The van der Waals surface area contributed by atoms with Crippen molar-refractivity contribution in [3.8, 4) is 0 Å². The SMILES string of the molecule is C[C@H](C(=O)Nc1cccc(F)c1)N1CCN(c2cccc(C(F)(F)F)c2)CC1. The summed E-state index contributed by atoms with van der Waals surface area (Å²) in [5.41, 5.74) is 0.237. The van der Waals surface area contributed by atoms with Crippen molar-refractivity contribution in [2.45, 2.75) is 19.1 Å². The van der Waals surface area contributed by atoms with Crippen LogP contribution in [0.2, 0.25) is 0 Å². The Morgan fingerprint density at radius 1 is 1.04 bits per heavy atom. The lowest BCUT2D eigenvalue weighted by Gasteiger charge is -2.38. The van der Waals surface area contributed by atoms with Crippen LogP contribution in [0.3, 0.4) is 0 Å². The van der Waals surface area contributed by atoms with E-state index in [0.29, 0.717) is 37.6 Å². The monoisotopic (exact) mass is 395 g/mol. The smallest absolute Gasteiger partial charge is 0.369 e. The molecule has 0 spiro atoms. The molecular formula is C20H21F4N3O. The lowest BCUT2D eigenvalue weighted by atomic mass is 10.1. The fraction of sp³-hybridized carbons (Fsp3) is 0.350. The Labute approximate surface area is 160 Å². The molecule has 0 unspecified atom stereocenters. The van der Waals surface area contributed by atoms with Crippen LogP contribution in [-0.2, 0) is 11.0 Å². The van der Waals surface area contributed by atoms with E-state index in [-0.39, 0.29) is 5.91 Å². The fourth-order valence-corrected chi connectivity index (χ4v) is 3.23. The van der Waals surface area contributed by atoms with Gasteiger partial charge in [0.1, 0.15) is 5.82 Å². The number of anilines is 2. The number of nitrogens with zero attached hydrogens (tertiary/aromatic N) is 2. The second kappa shape index (κ2) is 8.18. The van der Waals surface area contributed by atoms with Crippen LogP contribution in [0.15, 0.2) is 48.5 Å². The maximum Gasteiger partial charge on any atom is 0.416 e. The average Bonchev–Trinajstić information content (AvgIpc) is 2.67. The van der Waals surface area contributed by atoms with Crippen molar-refractivity contribution in [1.29, 1.82) is 0 Å². The van der Waals surface area contributed by atoms with Gasteiger partial charge in [-0.25, -0.2) is 4.39 Å². The van der Waals surface area contributed by atoms with Gasteiger partial charge in [0.2, 0.25) is 5.91 Å². The number of piperazine rings is 1. The predicted octanol–water partition coefficient (Wildman–Crippen LogP) is 3.99. The molecule has 0 aromatic heterocycles. The molecule has 1 aliphatic rings. The van der Waals surface area contributed by atoms with Crippen molar-refractivity contribution in [1.82, 2.24) is 4.90 Å².